The molecule has 0 aliphatic rings. The van der Waals surface area contributed by atoms with Crippen molar-refractivity contribution in [3.05, 3.63) is 35.5 Å². The summed E-state index contributed by atoms with van der Waals surface area (Å²) in [6.07, 6.45) is 1.73. The Kier molecular flexibility index (Phi) is 4.22. The van der Waals surface area contributed by atoms with Gasteiger partial charge in [0.2, 0.25) is 5.95 Å². The summed E-state index contributed by atoms with van der Waals surface area (Å²) < 4.78 is 0. The van der Waals surface area contributed by atoms with Crippen molar-refractivity contribution in [1.29, 1.82) is 0 Å². The summed E-state index contributed by atoms with van der Waals surface area (Å²) in [5, 5.41) is 0.647. The van der Waals surface area contributed by atoms with Crippen LogP contribution in [0.4, 0.5) is 11.8 Å². The van der Waals surface area contributed by atoms with Gasteiger partial charge in [0.25, 0.3) is 0 Å². The minimum absolute atomic E-state index is 0.449. The molecule has 0 aliphatic heterocycles. The van der Waals surface area contributed by atoms with Crippen molar-refractivity contribution in [1.82, 2.24) is 9.97 Å². The van der Waals surface area contributed by atoms with Crippen molar-refractivity contribution in [3.63, 3.8) is 0 Å². The van der Waals surface area contributed by atoms with Crippen LogP contribution in [-0.2, 0) is 0 Å². The Morgan fingerprint density at radius 3 is 2.42 bits per heavy atom. The predicted octanol–water partition coefficient (Wildman–Crippen LogP) is 3.23. The Morgan fingerprint density at radius 1 is 1.16 bits per heavy atom. The number of nitrogens with zero attached hydrogens (tertiary/aromatic N) is 3. The molecule has 100 valence electrons. The van der Waals surface area contributed by atoms with E-state index in [9.17, 15) is 0 Å². The molecule has 0 radical (unpaired) electrons. The van der Waals surface area contributed by atoms with Gasteiger partial charge in [-0.25, -0.2) is 4.98 Å². The van der Waals surface area contributed by atoms with E-state index in [4.69, 9.17) is 17.3 Å². The number of rotatable bonds is 4. The smallest absolute Gasteiger partial charge is 0.227 e. The Hall–Kier alpha value is -1.81. The monoisotopic (exact) mass is 276 g/mol. The Balaban J connectivity index is 2.43. The minimum Gasteiger partial charge on any atom is -0.383 e. The van der Waals surface area contributed by atoms with Crippen molar-refractivity contribution in [2.24, 2.45) is 0 Å². The third-order valence-corrected chi connectivity index (χ3v) is 3.35. The van der Waals surface area contributed by atoms with Crippen LogP contribution in [0.2, 0.25) is 5.02 Å². The fraction of sp³-hybridized carbons (Fsp3) is 0.286. The average molecular weight is 277 g/mol. The molecule has 2 aromatic rings. The van der Waals surface area contributed by atoms with Gasteiger partial charge in [-0.2, -0.15) is 4.98 Å². The van der Waals surface area contributed by atoms with Crippen molar-refractivity contribution >= 4 is 23.4 Å². The summed E-state index contributed by atoms with van der Waals surface area (Å²) in [5.41, 5.74) is 7.65. The van der Waals surface area contributed by atoms with Crippen LogP contribution in [0.25, 0.3) is 11.1 Å². The number of hydrogen-bond acceptors (Lipinski definition) is 4. The molecule has 0 unspecified atom stereocenters. The fourth-order valence-corrected chi connectivity index (χ4v) is 2.17. The third kappa shape index (κ3) is 2.79. The van der Waals surface area contributed by atoms with Gasteiger partial charge in [-0.15, -0.1) is 0 Å². The lowest BCUT2D eigenvalue weighted by Gasteiger charge is -2.19. The summed E-state index contributed by atoms with van der Waals surface area (Å²) in [6, 6.07) is 7.54. The van der Waals surface area contributed by atoms with E-state index >= 15 is 0 Å². The number of hydrogen-bond donors (Lipinski definition) is 1. The van der Waals surface area contributed by atoms with Crippen molar-refractivity contribution < 1.29 is 0 Å². The van der Waals surface area contributed by atoms with Gasteiger partial charge in [0.15, 0.2) is 0 Å². The first-order valence-corrected chi connectivity index (χ1v) is 6.67. The van der Waals surface area contributed by atoms with Gasteiger partial charge in [0.05, 0.1) is 0 Å². The van der Waals surface area contributed by atoms with Gasteiger partial charge >= 0.3 is 0 Å². The second kappa shape index (κ2) is 5.89. The standard InChI is InChI=1S/C14H17ClN4/c1-3-19(4-2)14-17-9-11(13(16)18-14)10-7-5-6-8-12(10)15/h5-9H,3-4H2,1-2H3,(H2,16,17,18). The summed E-state index contributed by atoms with van der Waals surface area (Å²) in [5.74, 6) is 1.10. The van der Waals surface area contributed by atoms with E-state index in [0.29, 0.717) is 16.8 Å². The maximum absolute atomic E-state index is 6.17. The van der Waals surface area contributed by atoms with E-state index in [2.05, 4.69) is 23.8 Å². The molecular formula is C14H17ClN4. The molecule has 0 saturated heterocycles. The van der Waals surface area contributed by atoms with E-state index in [-0.39, 0.29) is 0 Å². The number of aromatic nitrogens is 2. The minimum atomic E-state index is 0.449. The topological polar surface area (TPSA) is 55.0 Å². The number of benzene rings is 1. The maximum Gasteiger partial charge on any atom is 0.227 e. The van der Waals surface area contributed by atoms with E-state index in [0.717, 1.165) is 24.2 Å². The molecule has 5 heteroatoms. The van der Waals surface area contributed by atoms with Gasteiger partial charge in [0, 0.05) is 35.4 Å². The molecule has 0 bridgehead atoms. The Labute approximate surface area is 118 Å². The Morgan fingerprint density at radius 2 is 1.84 bits per heavy atom. The summed E-state index contributed by atoms with van der Waals surface area (Å²) in [4.78, 5) is 10.8. The number of anilines is 2. The van der Waals surface area contributed by atoms with Crippen LogP contribution in [0.5, 0.6) is 0 Å². The predicted molar refractivity (Wildman–Crippen MR) is 80.5 cm³/mol. The zero-order valence-electron chi connectivity index (χ0n) is 11.1. The van der Waals surface area contributed by atoms with Crippen molar-refractivity contribution in [2.45, 2.75) is 13.8 Å². The maximum atomic E-state index is 6.17. The highest BCUT2D eigenvalue weighted by atomic mass is 35.5. The largest absolute Gasteiger partial charge is 0.383 e. The Bertz CT molecular complexity index is 567. The van der Waals surface area contributed by atoms with Gasteiger partial charge in [-0.1, -0.05) is 29.8 Å². The highest BCUT2D eigenvalue weighted by Gasteiger charge is 2.11. The SMILES string of the molecule is CCN(CC)c1ncc(-c2ccccc2Cl)c(N)n1. The first kappa shape index (κ1) is 13.6. The van der Waals surface area contributed by atoms with Crippen LogP contribution in [-0.4, -0.2) is 23.1 Å². The lowest BCUT2D eigenvalue weighted by molar-refractivity contribution is 0.823. The van der Waals surface area contributed by atoms with E-state index in [1.807, 2.05) is 29.2 Å². The van der Waals surface area contributed by atoms with Crippen LogP contribution in [0, 0.1) is 0 Å². The molecule has 2 N–H and O–H groups in total. The molecule has 4 nitrogen and oxygen atoms in total. The molecule has 0 spiro atoms. The third-order valence-electron chi connectivity index (χ3n) is 3.02. The zero-order valence-corrected chi connectivity index (χ0v) is 11.9. The van der Waals surface area contributed by atoms with Gasteiger partial charge < -0.3 is 10.6 Å². The quantitative estimate of drug-likeness (QED) is 0.931. The molecular weight excluding hydrogens is 260 g/mol. The second-order valence-electron chi connectivity index (χ2n) is 4.12. The van der Waals surface area contributed by atoms with E-state index in [1.54, 1.807) is 6.20 Å². The lowest BCUT2D eigenvalue weighted by atomic mass is 10.1. The molecule has 0 atom stereocenters. The van der Waals surface area contributed by atoms with Crippen LogP contribution in [0.15, 0.2) is 30.5 Å². The second-order valence-corrected chi connectivity index (χ2v) is 4.53. The first-order valence-electron chi connectivity index (χ1n) is 6.29. The summed E-state index contributed by atoms with van der Waals surface area (Å²) in [6.45, 7) is 5.82. The van der Waals surface area contributed by atoms with Crippen LogP contribution >= 0.6 is 11.6 Å². The van der Waals surface area contributed by atoms with Gasteiger partial charge in [0.1, 0.15) is 5.82 Å². The van der Waals surface area contributed by atoms with Crippen molar-refractivity contribution in [3.8, 4) is 11.1 Å². The number of halogens is 1. The summed E-state index contributed by atoms with van der Waals surface area (Å²) >= 11 is 6.17. The highest BCUT2D eigenvalue weighted by molar-refractivity contribution is 6.33. The first-order chi connectivity index (χ1) is 9.17. The van der Waals surface area contributed by atoms with Crippen LogP contribution < -0.4 is 10.6 Å². The molecule has 0 saturated carbocycles. The van der Waals surface area contributed by atoms with E-state index in [1.165, 1.54) is 0 Å². The van der Waals surface area contributed by atoms with Crippen LogP contribution in [0.1, 0.15) is 13.8 Å². The van der Waals surface area contributed by atoms with Gasteiger partial charge in [-0.3, -0.25) is 0 Å². The number of nitrogens with two attached hydrogens (primary N) is 1. The molecule has 1 aromatic carbocycles. The average Bonchev–Trinajstić information content (AvgIpc) is 2.41. The fourth-order valence-electron chi connectivity index (χ4n) is 1.93. The normalized spacial score (nSPS) is 10.5. The van der Waals surface area contributed by atoms with Gasteiger partial charge in [-0.05, 0) is 19.9 Å². The number of nitrogen functional groups attached to an aromatic ring is 1. The highest BCUT2D eigenvalue weighted by Crippen LogP contribution is 2.31. The van der Waals surface area contributed by atoms with Crippen molar-refractivity contribution in [2.75, 3.05) is 23.7 Å². The van der Waals surface area contributed by atoms with E-state index < -0.39 is 0 Å². The molecule has 1 aromatic heterocycles. The molecule has 0 fully saturated rings. The zero-order chi connectivity index (χ0) is 13.8. The van der Waals surface area contributed by atoms with Crippen LogP contribution in [0.3, 0.4) is 0 Å². The lowest BCUT2D eigenvalue weighted by Crippen LogP contribution is -2.24. The molecule has 2 rings (SSSR count). The molecule has 19 heavy (non-hydrogen) atoms. The molecule has 1 heterocycles. The molecule has 0 aliphatic carbocycles. The summed E-state index contributed by atoms with van der Waals surface area (Å²) in [7, 11) is 0. The molecule has 0 amide bonds.